The molecule has 1 aromatic heterocycles. The van der Waals surface area contributed by atoms with Gasteiger partial charge in [-0.15, -0.1) is 10.2 Å². The van der Waals surface area contributed by atoms with Crippen molar-refractivity contribution in [3.63, 3.8) is 0 Å². The summed E-state index contributed by atoms with van der Waals surface area (Å²) in [6, 6.07) is 15.5. The molecule has 1 N–H and O–H groups in total. The van der Waals surface area contributed by atoms with Gasteiger partial charge in [-0.3, -0.25) is 9.69 Å². The highest BCUT2D eigenvalue weighted by Gasteiger charge is 2.22. The van der Waals surface area contributed by atoms with E-state index in [-0.39, 0.29) is 5.91 Å². The van der Waals surface area contributed by atoms with Gasteiger partial charge in [-0.1, -0.05) is 31.5 Å². The quantitative estimate of drug-likeness (QED) is 0.557. The number of morpholine rings is 1. The highest BCUT2D eigenvalue weighted by atomic mass is 16.5. The van der Waals surface area contributed by atoms with Crippen molar-refractivity contribution in [1.82, 2.24) is 20.4 Å². The summed E-state index contributed by atoms with van der Waals surface area (Å²) >= 11 is 0. The first-order valence-corrected chi connectivity index (χ1v) is 11.6. The molecule has 1 fully saturated rings. The molecule has 1 atom stereocenters. The summed E-state index contributed by atoms with van der Waals surface area (Å²) in [5.41, 5.74) is 3.42. The lowest BCUT2D eigenvalue weighted by Gasteiger charge is -2.35. The van der Waals surface area contributed by atoms with E-state index < -0.39 is 0 Å². The SMILES string of the molecule is Cc1cccc(-c2nnc(-c3ccc(C(=O)NCC(CC(C)C)N4CCOCC4)cc3)o2)c1. The van der Waals surface area contributed by atoms with Gasteiger partial charge in [0.05, 0.1) is 13.2 Å². The molecule has 3 aromatic rings. The topological polar surface area (TPSA) is 80.5 Å². The Balaban J connectivity index is 1.39. The Labute approximate surface area is 195 Å². The second-order valence-corrected chi connectivity index (χ2v) is 9.00. The minimum absolute atomic E-state index is 0.0745. The minimum atomic E-state index is -0.0745. The maximum atomic E-state index is 12.8. The van der Waals surface area contributed by atoms with Gasteiger partial charge in [0.15, 0.2) is 0 Å². The highest BCUT2D eigenvalue weighted by molar-refractivity contribution is 5.94. The van der Waals surface area contributed by atoms with E-state index in [0.29, 0.717) is 35.8 Å². The summed E-state index contributed by atoms with van der Waals surface area (Å²) in [6.07, 6.45) is 1.04. The lowest BCUT2D eigenvalue weighted by molar-refractivity contribution is 0.0124. The number of amides is 1. The Morgan fingerprint density at radius 2 is 1.73 bits per heavy atom. The van der Waals surface area contributed by atoms with Crippen LogP contribution in [-0.4, -0.2) is 59.9 Å². The maximum Gasteiger partial charge on any atom is 0.251 e. The highest BCUT2D eigenvalue weighted by Crippen LogP contribution is 2.24. The zero-order valence-electron chi connectivity index (χ0n) is 19.6. The molecule has 0 bridgehead atoms. The van der Waals surface area contributed by atoms with Crippen LogP contribution < -0.4 is 5.32 Å². The fourth-order valence-corrected chi connectivity index (χ4v) is 4.16. The molecular weight excluding hydrogens is 416 g/mol. The molecule has 1 amide bonds. The van der Waals surface area contributed by atoms with Gasteiger partial charge in [-0.25, -0.2) is 0 Å². The number of ether oxygens (including phenoxy) is 1. The molecule has 0 saturated carbocycles. The predicted octanol–water partition coefficient (Wildman–Crippen LogP) is 4.19. The van der Waals surface area contributed by atoms with Crippen LogP contribution in [0.25, 0.3) is 22.9 Å². The Morgan fingerprint density at radius 3 is 2.39 bits per heavy atom. The number of rotatable bonds is 8. The molecular formula is C26H32N4O3. The summed E-state index contributed by atoms with van der Waals surface area (Å²) in [7, 11) is 0. The van der Waals surface area contributed by atoms with Crippen LogP contribution in [0.15, 0.2) is 52.9 Å². The third-order valence-corrected chi connectivity index (χ3v) is 5.89. The van der Waals surface area contributed by atoms with Crippen molar-refractivity contribution < 1.29 is 13.9 Å². The number of carbonyl (C=O) groups excluding carboxylic acids is 1. The Bertz CT molecular complexity index is 1060. The lowest BCUT2D eigenvalue weighted by atomic mass is 10.0. The number of aromatic nitrogens is 2. The maximum absolute atomic E-state index is 12.8. The monoisotopic (exact) mass is 448 g/mol. The molecule has 4 rings (SSSR count). The van der Waals surface area contributed by atoms with Crippen LogP contribution in [0.4, 0.5) is 0 Å². The van der Waals surface area contributed by atoms with E-state index in [9.17, 15) is 4.79 Å². The van der Waals surface area contributed by atoms with Gasteiger partial charge in [-0.05, 0) is 55.7 Å². The van der Waals surface area contributed by atoms with Crippen molar-refractivity contribution in [2.75, 3.05) is 32.8 Å². The van der Waals surface area contributed by atoms with Crippen LogP contribution in [0.2, 0.25) is 0 Å². The summed E-state index contributed by atoms with van der Waals surface area (Å²) in [5.74, 6) is 1.40. The summed E-state index contributed by atoms with van der Waals surface area (Å²) < 4.78 is 11.3. The number of nitrogens with zero attached hydrogens (tertiary/aromatic N) is 3. The largest absolute Gasteiger partial charge is 0.416 e. The van der Waals surface area contributed by atoms with Crippen LogP contribution in [0.1, 0.15) is 36.2 Å². The van der Waals surface area contributed by atoms with Crippen molar-refractivity contribution in [3.05, 3.63) is 59.7 Å². The Hall–Kier alpha value is -3.03. The summed E-state index contributed by atoms with van der Waals surface area (Å²) in [6.45, 7) is 10.4. The van der Waals surface area contributed by atoms with Gasteiger partial charge in [0.2, 0.25) is 11.8 Å². The first-order valence-electron chi connectivity index (χ1n) is 11.6. The van der Waals surface area contributed by atoms with E-state index in [1.54, 1.807) is 12.1 Å². The van der Waals surface area contributed by atoms with E-state index in [1.807, 2.05) is 43.3 Å². The first-order chi connectivity index (χ1) is 16.0. The molecule has 2 heterocycles. The van der Waals surface area contributed by atoms with Crippen LogP contribution in [-0.2, 0) is 4.74 Å². The van der Waals surface area contributed by atoms with E-state index >= 15 is 0 Å². The standard InChI is InChI=1S/C26H32N4O3/c1-18(2)15-23(30-11-13-32-14-12-30)17-27-24(31)20-7-9-21(10-8-20)25-28-29-26(33-25)22-6-4-5-19(3)16-22/h4-10,16,18,23H,11-15,17H2,1-3H3,(H,27,31). The minimum Gasteiger partial charge on any atom is -0.416 e. The average Bonchev–Trinajstić information content (AvgIpc) is 3.32. The molecule has 174 valence electrons. The second-order valence-electron chi connectivity index (χ2n) is 9.00. The fraction of sp³-hybridized carbons (Fsp3) is 0.423. The van der Waals surface area contributed by atoms with E-state index in [4.69, 9.17) is 9.15 Å². The van der Waals surface area contributed by atoms with Crippen LogP contribution in [0.3, 0.4) is 0 Å². The normalized spacial score (nSPS) is 15.5. The number of nitrogens with one attached hydrogen (secondary N) is 1. The predicted molar refractivity (Wildman–Crippen MR) is 128 cm³/mol. The summed E-state index contributed by atoms with van der Waals surface area (Å²) in [5, 5.41) is 11.5. The lowest BCUT2D eigenvalue weighted by Crippen LogP contribution is -2.49. The molecule has 1 aliphatic rings. The molecule has 1 unspecified atom stereocenters. The van der Waals surface area contributed by atoms with Gasteiger partial charge in [0.1, 0.15) is 0 Å². The van der Waals surface area contributed by atoms with Crippen molar-refractivity contribution in [1.29, 1.82) is 0 Å². The number of hydrogen-bond acceptors (Lipinski definition) is 6. The van der Waals surface area contributed by atoms with Gasteiger partial charge in [0, 0.05) is 42.4 Å². The first kappa shape index (κ1) is 23.1. The molecule has 1 saturated heterocycles. The van der Waals surface area contributed by atoms with Gasteiger partial charge < -0.3 is 14.5 Å². The molecule has 7 heteroatoms. The molecule has 1 aliphatic heterocycles. The zero-order chi connectivity index (χ0) is 23.2. The van der Waals surface area contributed by atoms with Crippen LogP contribution in [0.5, 0.6) is 0 Å². The molecule has 0 aliphatic carbocycles. The molecule has 2 aromatic carbocycles. The number of aryl methyl sites for hydroxylation is 1. The second kappa shape index (κ2) is 10.7. The zero-order valence-corrected chi connectivity index (χ0v) is 19.6. The van der Waals surface area contributed by atoms with E-state index in [1.165, 1.54) is 0 Å². The van der Waals surface area contributed by atoms with Gasteiger partial charge in [-0.2, -0.15) is 0 Å². The molecule has 0 radical (unpaired) electrons. The van der Waals surface area contributed by atoms with Crippen LogP contribution >= 0.6 is 0 Å². The van der Waals surface area contributed by atoms with Gasteiger partial charge >= 0.3 is 0 Å². The summed E-state index contributed by atoms with van der Waals surface area (Å²) in [4.78, 5) is 15.2. The van der Waals surface area contributed by atoms with Crippen molar-refractivity contribution in [2.24, 2.45) is 5.92 Å². The van der Waals surface area contributed by atoms with E-state index in [0.717, 1.165) is 49.4 Å². The molecule has 0 spiro atoms. The number of hydrogen-bond donors (Lipinski definition) is 1. The van der Waals surface area contributed by atoms with Crippen molar-refractivity contribution in [2.45, 2.75) is 33.2 Å². The third kappa shape index (κ3) is 6.06. The number of benzene rings is 2. The molecule has 33 heavy (non-hydrogen) atoms. The fourth-order valence-electron chi connectivity index (χ4n) is 4.16. The van der Waals surface area contributed by atoms with Crippen LogP contribution in [0, 0.1) is 12.8 Å². The Kier molecular flexibility index (Phi) is 7.52. The molecule has 7 nitrogen and oxygen atoms in total. The average molecular weight is 449 g/mol. The van der Waals surface area contributed by atoms with E-state index in [2.05, 4.69) is 34.3 Å². The smallest absolute Gasteiger partial charge is 0.251 e. The third-order valence-electron chi connectivity index (χ3n) is 5.89. The van der Waals surface area contributed by atoms with Crippen molar-refractivity contribution in [3.8, 4) is 22.9 Å². The Morgan fingerprint density at radius 1 is 1.03 bits per heavy atom. The number of carbonyl (C=O) groups is 1. The van der Waals surface area contributed by atoms with Crippen molar-refractivity contribution >= 4 is 5.91 Å². The van der Waals surface area contributed by atoms with Gasteiger partial charge in [0.25, 0.3) is 5.91 Å².